The van der Waals surface area contributed by atoms with Crippen LogP contribution in [0.15, 0.2) is 24.3 Å². The number of benzene rings is 1. The quantitative estimate of drug-likeness (QED) is 0.283. The van der Waals surface area contributed by atoms with E-state index < -0.39 is 35.3 Å². The number of rotatable bonds is 5. The summed E-state index contributed by atoms with van der Waals surface area (Å²) in [7, 11) is 0. The van der Waals surface area contributed by atoms with Crippen molar-refractivity contribution < 1.29 is 29.2 Å². The van der Waals surface area contributed by atoms with E-state index in [1.54, 1.807) is 0 Å². The normalized spacial score (nSPS) is 14.6. The molecular formula is C12H8N3O7-. The summed E-state index contributed by atoms with van der Waals surface area (Å²) in [6.45, 7) is -1.31. The molecule has 10 heteroatoms. The molecule has 4 amide bonds. The van der Waals surface area contributed by atoms with Crippen LogP contribution in [0.25, 0.3) is 0 Å². The van der Waals surface area contributed by atoms with Gasteiger partial charge in [0.2, 0.25) is 0 Å². The Morgan fingerprint density at radius 1 is 1.05 bits per heavy atom. The lowest BCUT2D eigenvalue weighted by molar-refractivity contribution is -0.384. The summed E-state index contributed by atoms with van der Waals surface area (Å²) in [6.07, 6.45) is 0. The lowest BCUT2D eigenvalue weighted by Gasteiger charge is -2.15. The predicted octanol–water partition coefficient (Wildman–Crippen LogP) is -1.36. The van der Waals surface area contributed by atoms with Crippen LogP contribution in [0.4, 0.5) is 10.5 Å². The Morgan fingerprint density at radius 3 is 2.09 bits per heavy atom. The number of imide groups is 2. The van der Waals surface area contributed by atoms with Crippen LogP contribution in [-0.4, -0.2) is 45.1 Å². The fraction of sp³-hybridized carbons (Fsp3) is 0.167. The van der Waals surface area contributed by atoms with Gasteiger partial charge in [0.05, 0.1) is 24.0 Å². The van der Waals surface area contributed by atoms with Crippen LogP contribution in [0.1, 0.15) is 5.56 Å². The van der Waals surface area contributed by atoms with Crippen molar-refractivity contribution in [3.63, 3.8) is 0 Å². The molecule has 0 aliphatic carbocycles. The molecule has 1 aromatic carbocycles. The maximum absolute atomic E-state index is 11.9. The molecule has 0 unspecified atom stereocenters. The summed E-state index contributed by atoms with van der Waals surface area (Å²) in [5, 5.41) is 21.0. The number of urea groups is 1. The van der Waals surface area contributed by atoms with Gasteiger partial charge < -0.3 is 9.90 Å². The van der Waals surface area contributed by atoms with Crippen molar-refractivity contribution in [2.75, 3.05) is 6.54 Å². The number of aliphatic carboxylic acids is 1. The van der Waals surface area contributed by atoms with Crippen molar-refractivity contribution in [1.82, 2.24) is 9.80 Å². The van der Waals surface area contributed by atoms with Crippen molar-refractivity contribution in [2.24, 2.45) is 0 Å². The van der Waals surface area contributed by atoms with Gasteiger partial charge in [-0.05, 0) is 5.56 Å². The summed E-state index contributed by atoms with van der Waals surface area (Å²) >= 11 is 0. The van der Waals surface area contributed by atoms with Crippen molar-refractivity contribution >= 4 is 29.5 Å². The van der Waals surface area contributed by atoms with Crippen LogP contribution in [0.3, 0.4) is 0 Å². The Labute approximate surface area is 122 Å². The molecule has 1 aliphatic heterocycles. The number of hydrogen-bond acceptors (Lipinski definition) is 7. The van der Waals surface area contributed by atoms with Gasteiger partial charge >= 0.3 is 17.8 Å². The summed E-state index contributed by atoms with van der Waals surface area (Å²) in [4.78, 5) is 56.3. The molecular weight excluding hydrogens is 298 g/mol. The van der Waals surface area contributed by atoms with Crippen molar-refractivity contribution in [1.29, 1.82) is 0 Å². The molecule has 1 aliphatic rings. The monoisotopic (exact) mass is 306 g/mol. The highest BCUT2D eigenvalue weighted by molar-refractivity contribution is 6.44. The van der Waals surface area contributed by atoms with E-state index in [0.29, 0.717) is 10.5 Å². The lowest BCUT2D eigenvalue weighted by atomic mass is 10.2. The smallest absolute Gasteiger partial charge is 0.334 e. The average molecular weight is 306 g/mol. The minimum atomic E-state index is -1.67. The van der Waals surface area contributed by atoms with Gasteiger partial charge in [-0.15, -0.1) is 0 Å². The summed E-state index contributed by atoms with van der Waals surface area (Å²) in [6, 6.07) is 3.94. The van der Waals surface area contributed by atoms with Crippen molar-refractivity contribution in [3.05, 3.63) is 39.9 Å². The largest absolute Gasteiger partial charge is 0.548 e. The highest BCUT2D eigenvalue weighted by Gasteiger charge is 2.44. The lowest BCUT2D eigenvalue weighted by Crippen LogP contribution is -2.42. The molecule has 2 rings (SSSR count). The Balaban J connectivity index is 2.17. The summed E-state index contributed by atoms with van der Waals surface area (Å²) < 4.78 is 0. The number of non-ortho nitro benzene ring substituents is 1. The molecule has 0 radical (unpaired) electrons. The van der Waals surface area contributed by atoms with Crippen LogP contribution in [0.5, 0.6) is 0 Å². The highest BCUT2D eigenvalue weighted by Crippen LogP contribution is 2.18. The topological polar surface area (TPSA) is 141 Å². The Bertz CT molecular complexity index is 682. The number of nitro groups is 1. The van der Waals surface area contributed by atoms with Crippen LogP contribution < -0.4 is 5.11 Å². The molecule has 0 N–H and O–H groups in total. The summed E-state index contributed by atoms with van der Waals surface area (Å²) in [5.41, 5.74) is 0.202. The molecule has 0 bridgehead atoms. The van der Waals surface area contributed by atoms with E-state index in [9.17, 15) is 34.4 Å². The molecule has 114 valence electrons. The minimum Gasteiger partial charge on any atom is -0.548 e. The fourth-order valence-electron chi connectivity index (χ4n) is 1.86. The molecule has 22 heavy (non-hydrogen) atoms. The Hall–Kier alpha value is -3.30. The van der Waals surface area contributed by atoms with E-state index in [2.05, 4.69) is 0 Å². The molecule has 0 saturated carbocycles. The number of carbonyl (C=O) groups is 4. The number of carboxylic acids is 1. The second-order valence-corrected chi connectivity index (χ2v) is 4.36. The second kappa shape index (κ2) is 5.60. The highest BCUT2D eigenvalue weighted by atomic mass is 16.6. The number of amides is 4. The van der Waals surface area contributed by atoms with E-state index in [4.69, 9.17) is 0 Å². The van der Waals surface area contributed by atoms with Gasteiger partial charge in [0.1, 0.15) is 0 Å². The van der Waals surface area contributed by atoms with E-state index in [1.807, 2.05) is 0 Å². The third kappa shape index (κ3) is 2.75. The van der Waals surface area contributed by atoms with Crippen molar-refractivity contribution in [2.45, 2.75) is 6.54 Å². The first-order valence-electron chi connectivity index (χ1n) is 5.91. The molecule has 1 saturated heterocycles. The standard InChI is InChI=1S/C12H9N3O7/c16-9(17)6-14-11(19)10(18)13(12(14)20)5-7-1-3-8(4-2-7)15(21)22/h1-4H,5-6H2,(H,16,17)/p-1. The van der Waals surface area contributed by atoms with Gasteiger partial charge in [-0.1, -0.05) is 12.1 Å². The van der Waals surface area contributed by atoms with Gasteiger partial charge in [-0.2, -0.15) is 0 Å². The molecule has 0 atom stereocenters. The first-order valence-corrected chi connectivity index (χ1v) is 5.91. The van der Waals surface area contributed by atoms with Crippen LogP contribution >= 0.6 is 0 Å². The zero-order chi connectivity index (χ0) is 16.4. The molecule has 10 nitrogen and oxygen atoms in total. The maximum Gasteiger partial charge on any atom is 0.334 e. The third-order valence-electron chi connectivity index (χ3n) is 2.91. The third-order valence-corrected chi connectivity index (χ3v) is 2.91. The van der Waals surface area contributed by atoms with Gasteiger partial charge in [0.15, 0.2) is 0 Å². The van der Waals surface area contributed by atoms with Crippen LogP contribution in [0, 0.1) is 10.1 Å². The van der Waals surface area contributed by atoms with Gasteiger partial charge in [0, 0.05) is 12.1 Å². The first-order chi connectivity index (χ1) is 10.3. The van der Waals surface area contributed by atoms with Gasteiger partial charge in [0.25, 0.3) is 5.69 Å². The molecule has 0 spiro atoms. The minimum absolute atomic E-state index is 0.169. The zero-order valence-corrected chi connectivity index (χ0v) is 10.9. The fourth-order valence-corrected chi connectivity index (χ4v) is 1.86. The van der Waals surface area contributed by atoms with E-state index >= 15 is 0 Å². The molecule has 1 aromatic rings. The number of carboxylic acid groups (broad SMARTS) is 1. The predicted molar refractivity (Wildman–Crippen MR) is 65.8 cm³/mol. The van der Waals surface area contributed by atoms with Crippen LogP contribution in [0.2, 0.25) is 0 Å². The van der Waals surface area contributed by atoms with Crippen molar-refractivity contribution in [3.8, 4) is 0 Å². The number of hydrogen-bond donors (Lipinski definition) is 0. The zero-order valence-electron chi connectivity index (χ0n) is 10.9. The number of carbonyl (C=O) groups excluding carboxylic acids is 4. The first kappa shape index (κ1) is 15.1. The number of nitrogens with zero attached hydrogens (tertiary/aromatic N) is 3. The SMILES string of the molecule is O=C([O-])CN1C(=O)C(=O)N(Cc2ccc([N+](=O)[O-])cc2)C1=O. The van der Waals surface area contributed by atoms with Crippen LogP contribution in [-0.2, 0) is 20.9 Å². The van der Waals surface area contributed by atoms with E-state index in [-0.39, 0.29) is 17.1 Å². The second-order valence-electron chi connectivity index (χ2n) is 4.36. The van der Waals surface area contributed by atoms with E-state index in [1.165, 1.54) is 24.3 Å². The van der Waals surface area contributed by atoms with Gasteiger partial charge in [-0.25, -0.2) is 9.69 Å². The summed E-state index contributed by atoms with van der Waals surface area (Å²) in [5.74, 6) is -4.09. The van der Waals surface area contributed by atoms with E-state index in [0.717, 1.165) is 0 Å². The Kier molecular flexibility index (Phi) is 3.84. The maximum atomic E-state index is 11.9. The van der Waals surface area contributed by atoms with Gasteiger partial charge in [-0.3, -0.25) is 24.6 Å². The molecule has 0 aromatic heterocycles. The molecule has 1 fully saturated rings. The number of nitro benzene ring substituents is 1. The Morgan fingerprint density at radius 2 is 1.59 bits per heavy atom. The average Bonchev–Trinajstić information content (AvgIpc) is 2.65. The molecule has 1 heterocycles.